The summed E-state index contributed by atoms with van der Waals surface area (Å²) in [5.41, 5.74) is 1.94. The van der Waals surface area contributed by atoms with E-state index in [0.29, 0.717) is 13.1 Å². The second kappa shape index (κ2) is 10.5. The van der Waals surface area contributed by atoms with Crippen LogP contribution in [0.15, 0.2) is 60.7 Å². The first-order valence-electron chi connectivity index (χ1n) is 10.3. The minimum absolute atomic E-state index is 0.0187. The second-order valence-corrected chi connectivity index (χ2v) is 7.49. The fourth-order valence-electron chi connectivity index (χ4n) is 3.46. The number of likely N-dealkylation sites (tertiary alicyclic amines) is 1. The molecule has 0 N–H and O–H groups in total. The molecule has 1 atom stereocenters. The van der Waals surface area contributed by atoms with Crippen LogP contribution in [-0.2, 0) is 37.0 Å². The molecule has 1 heterocycles. The van der Waals surface area contributed by atoms with Crippen LogP contribution in [0.25, 0.3) is 0 Å². The molecule has 0 bridgehead atoms. The molecule has 7 nitrogen and oxygen atoms in total. The Morgan fingerprint density at radius 1 is 0.903 bits per heavy atom. The van der Waals surface area contributed by atoms with E-state index in [1.54, 1.807) is 4.90 Å². The van der Waals surface area contributed by atoms with Gasteiger partial charge in [-0.25, -0.2) is 0 Å². The van der Waals surface area contributed by atoms with Gasteiger partial charge >= 0.3 is 5.97 Å². The number of benzene rings is 2. The summed E-state index contributed by atoms with van der Waals surface area (Å²) in [6, 6.07) is 19.2. The summed E-state index contributed by atoms with van der Waals surface area (Å²) in [7, 11) is 0. The molecule has 0 radical (unpaired) electrons. The fourth-order valence-corrected chi connectivity index (χ4v) is 3.46. The lowest BCUT2D eigenvalue weighted by Crippen LogP contribution is -2.39. The van der Waals surface area contributed by atoms with Crippen molar-refractivity contribution in [1.82, 2.24) is 9.80 Å². The van der Waals surface area contributed by atoms with E-state index in [4.69, 9.17) is 4.74 Å². The zero-order valence-corrected chi connectivity index (χ0v) is 17.5. The van der Waals surface area contributed by atoms with Crippen molar-refractivity contribution in [2.75, 3.05) is 6.54 Å². The molecule has 2 aromatic rings. The second-order valence-electron chi connectivity index (χ2n) is 7.49. The minimum atomic E-state index is -0.982. The van der Waals surface area contributed by atoms with E-state index >= 15 is 0 Å². The third-order valence-electron chi connectivity index (χ3n) is 5.09. The maximum atomic E-state index is 13.1. The van der Waals surface area contributed by atoms with Crippen molar-refractivity contribution < 1.29 is 23.9 Å². The molecule has 0 spiro atoms. The molecule has 1 unspecified atom stereocenters. The SMILES string of the molecule is CC(OC(=O)CCN1C(=O)CCC1=O)C(=O)N(Cc1ccccc1)Cc1ccccc1. The molecule has 0 saturated carbocycles. The molecule has 162 valence electrons. The quantitative estimate of drug-likeness (QED) is 0.458. The number of imide groups is 1. The molecule has 7 heteroatoms. The summed E-state index contributed by atoms with van der Waals surface area (Å²) < 4.78 is 5.32. The zero-order valence-electron chi connectivity index (χ0n) is 17.5. The number of esters is 1. The number of amides is 3. The predicted octanol–water partition coefficient (Wildman–Crippen LogP) is 2.69. The van der Waals surface area contributed by atoms with Gasteiger partial charge in [0.05, 0.1) is 6.42 Å². The van der Waals surface area contributed by atoms with Crippen LogP contribution in [0, 0.1) is 0 Å². The first-order chi connectivity index (χ1) is 14.9. The molecule has 1 aliphatic rings. The molecule has 0 aromatic heterocycles. The fraction of sp³-hybridized carbons (Fsp3) is 0.333. The Bertz CT molecular complexity index is 872. The number of rotatable bonds is 9. The van der Waals surface area contributed by atoms with Gasteiger partial charge in [-0.1, -0.05) is 60.7 Å². The van der Waals surface area contributed by atoms with Gasteiger partial charge in [0.2, 0.25) is 11.8 Å². The minimum Gasteiger partial charge on any atom is -0.452 e. The summed E-state index contributed by atoms with van der Waals surface area (Å²) >= 11 is 0. The first kappa shape index (κ1) is 22.2. The van der Waals surface area contributed by atoms with Gasteiger partial charge in [0.25, 0.3) is 5.91 Å². The Morgan fingerprint density at radius 3 is 1.87 bits per heavy atom. The number of carbonyl (C=O) groups excluding carboxylic acids is 4. The zero-order chi connectivity index (χ0) is 22.2. The highest BCUT2D eigenvalue weighted by atomic mass is 16.5. The van der Waals surface area contributed by atoms with E-state index < -0.39 is 12.1 Å². The van der Waals surface area contributed by atoms with Crippen molar-refractivity contribution >= 4 is 23.7 Å². The van der Waals surface area contributed by atoms with E-state index in [1.807, 2.05) is 60.7 Å². The summed E-state index contributed by atoms with van der Waals surface area (Å²) in [5, 5.41) is 0. The maximum absolute atomic E-state index is 13.1. The molecular formula is C24H26N2O5. The maximum Gasteiger partial charge on any atom is 0.308 e. The topological polar surface area (TPSA) is 84.0 Å². The van der Waals surface area contributed by atoms with Gasteiger partial charge in [0.1, 0.15) is 0 Å². The highest BCUT2D eigenvalue weighted by molar-refractivity contribution is 6.02. The van der Waals surface area contributed by atoms with Crippen molar-refractivity contribution in [1.29, 1.82) is 0 Å². The van der Waals surface area contributed by atoms with Gasteiger partial charge in [-0.05, 0) is 18.1 Å². The molecular weight excluding hydrogens is 396 g/mol. The summed E-state index contributed by atoms with van der Waals surface area (Å²) in [6.07, 6.45) is -0.759. The molecule has 2 aromatic carbocycles. The Morgan fingerprint density at radius 2 is 1.39 bits per heavy atom. The van der Waals surface area contributed by atoms with Crippen molar-refractivity contribution in [3.8, 4) is 0 Å². The van der Waals surface area contributed by atoms with Crippen molar-refractivity contribution in [3.63, 3.8) is 0 Å². The summed E-state index contributed by atoms with van der Waals surface area (Å²) in [6.45, 7) is 2.28. The Kier molecular flexibility index (Phi) is 7.54. The lowest BCUT2D eigenvalue weighted by atomic mass is 10.1. The lowest BCUT2D eigenvalue weighted by Gasteiger charge is -2.26. The molecule has 1 fully saturated rings. The van der Waals surface area contributed by atoms with Gasteiger partial charge in [-0.2, -0.15) is 0 Å². The van der Waals surface area contributed by atoms with Crippen LogP contribution in [0.1, 0.15) is 37.3 Å². The number of nitrogens with zero attached hydrogens (tertiary/aromatic N) is 2. The lowest BCUT2D eigenvalue weighted by molar-refractivity contribution is -0.160. The van der Waals surface area contributed by atoms with Crippen LogP contribution in [0.5, 0.6) is 0 Å². The molecule has 0 aliphatic carbocycles. The highest BCUT2D eigenvalue weighted by Crippen LogP contribution is 2.15. The molecule has 31 heavy (non-hydrogen) atoms. The van der Waals surface area contributed by atoms with Crippen LogP contribution in [0.3, 0.4) is 0 Å². The molecule has 1 aliphatic heterocycles. The standard InChI is InChI=1S/C24H26N2O5/c1-18(31-23(29)14-15-26-21(27)12-13-22(26)28)24(30)25(16-19-8-4-2-5-9-19)17-20-10-6-3-7-11-20/h2-11,18H,12-17H2,1H3. The van der Waals surface area contributed by atoms with Gasteiger partial charge in [-0.3, -0.25) is 24.1 Å². The molecule has 1 saturated heterocycles. The monoisotopic (exact) mass is 422 g/mol. The Labute approximate surface area is 181 Å². The average molecular weight is 422 g/mol. The van der Waals surface area contributed by atoms with Crippen molar-refractivity contribution in [3.05, 3.63) is 71.8 Å². The summed E-state index contributed by atoms with van der Waals surface area (Å²) in [4.78, 5) is 51.3. The van der Waals surface area contributed by atoms with Crippen LogP contribution < -0.4 is 0 Å². The highest BCUT2D eigenvalue weighted by Gasteiger charge is 2.30. The first-order valence-corrected chi connectivity index (χ1v) is 10.3. The Hall–Kier alpha value is -3.48. The number of carbonyl (C=O) groups is 4. The van der Waals surface area contributed by atoms with E-state index in [9.17, 15) is 19.2 Å². The molecule has 3 amide bonds. The van der Waals surface area contributed by atoms with Gasteiger partial charge in [0, 0.05) is 32.5 Å². The van der Waals surface area contributed by atoms with Crippen LogP contribution in [0.4, 0.5) is 0 Å². The average Bonchev–Trinajstić information content (AvgIpc) is 3.10. The van der Waals surface area contributed by atoms with E-state index in [1.165, 1.54) is 6.92 Å². The largest absolute Gasteiger partial charge is 0.452 e. The van der Waals surface area contributed by atoms with Crippen molar-refractivity contribution in [2.45, 2.75) is 45.4 Å². The Balaban J connectivity index is 1.61. The van der Waals surface area contributed by atoms with E-state index in [2.05, 4.69) is 0 Å². The van der Waals surface area contributed by atoms with Gasteiger partial charge in [0.15, 0.2) is 6.10 Å². The van der Waals surface area contributed by atoms with E-state index in [0.717, 1.165) is 16.0 Å². The van der Waals surface area contributed by atoms with E-state index in [-0.39, 0.29) is 43.5 Å². The summed E-state index contributed by atoms with van der Waals surface area (Å²) in [5.74, 6) is -1.49. The predicted molar refractivity (Wildman–Crippen MR) is 113 cm³/mol. The third-order valence-corrected chi connectivity index (χ3v) is 5.09. The van der Waals surface area contributed by atoms with Gasteiger partial charge < -0.3 is 9.64 Å². The van der Waals surface area contributed by atoms with Crippen LogP contribution >= 0.6 is 0 Å². The smallest absolute Gasteiger partial charge is 0.308 e. The molecule has 3 rings (SSSR count). The third kappa shape index (κ3) is 6.25. The van der Waals surface area contributed by atoms with Crippen LogP contribution in [-0.4, -0.2) is 46.1 Å². The van der Waals surface area contributed by atoms with Crippen LogP contribution in [0.2, 0.25) is 0 Å². The number of hydrogen-bond acceptors (Lipinski definition) is 5. The normalized spacial score (nSPS) is 14.4. The number of hydrogen-bond donors (Lipinski definition) is 0. The van der Waals surface area contributed by atoms with Gasteiger partial charge in [-0.15, -0.1) is 0 Å². The van der Waals surface area contributed by atoms with Crippen molar-refractivity contribution in [2.24, 2.45) is 0 Å². The number of ether oxygens (including phenoxy) is 1.